The summed E-state index contributed by atoms with van der Waals surface area (Å²) >= 11 is 0. The normalized spacial score (nSPS) is 25.5. The SMILES string of the molecule is C(#Cc1ccc(OC2CN3CCC2CC3)nn1)c1ccncc1. The van der Waals surface area contributed by atoms with E-state index in [0.29, 0.717) is 17.5 Å². The van der Waals surface area contributed by atoms with Crippen LogP contribution in [0.15, 0.2) is 36.7 Å². The van der Waals surface area contributed by atoms with Crippen molar-refractivity contribution in [2.24, 2.45) is 5.92 Å². The smallest absolute Gasteiger partial charge is 0.233 e. The van der Waals surface area contributed by atoms with Crippen LogP contribution < -0.4 is 4.74 Å². The van der Waals surface area contributed by atoms with Crippen molar-refractivity contribution in [2.75, 3.05) is 19.6 Å². The molecule has 0 saturated carbocycles. The van der Waals surface area contributed by atoms with E-state index in [1.54, 1.807) is 12.4 Å². The van der Waals surface area contributed by atoms with Crippen LogP contribution >= 0.6 is 0 Å². The van der Waals surface area contributed by atoms with Gasteiger partial charge in [-0.05, 0) is 56.0 Å². The van der Waals surface area contributed by atoms with Crippen LogP contribution in [0.4, 0.5) is 0 Å². The van der Waals surface area contributed by atoms with E-state index >= 15 is 0 Å². The highest BCUT2D eigenvalue weighted by atomic mass is 16.5. The third kappa shape index (κ3) is 3.33. The summed E-state index contributed by atoms with van der Waals surface area (Å²) < 4.78 is 6.04. The van der Waals surface area contributed by atoms with Crippen molar-refractivity contribution < 1.29 is 4.74 Å². The summed E-state index contributed by atoms with van der Waals surface area (Å²) in [5.41, 5.74) is 1.55. The number of aromatic nitrogens is 3. The van der Waals surface area contributed by atoms with Crippen LogP contribution in [-0.2, 0) is 0 Å². The number of fused-ring (bicyclic) bond motifs is 3. The van der Waals surface area contributed by atoms with Crippen LogP contribution in [0.2, 0.25) is 0 Å². The Morgan fingerprint density at radius 1 is 1.00 bits per heavy atom. The number of piperidine rings is 3. The molecule has 1 atom stereocenters. The average Bonchev–Trinajstić information content (AvgIpc) is 2.63. The molecule has 1 unspecified atom stereocenters. The predicted molar refractivity (Wildman–Crippen MR) is 85.8 cm³/mol. The molecule has 0 aromatic carbocycles. The quantitative estimate of drug-likeness (QED) is 0.791. The molecular formula is C18H18N4O. The molecule has 5 nitrogen and oxygen atoms in total. The summed E-state index contributed by atoms with van der Waals surface area (Å²) in [6.45, 7) is 3.43. The van der Waals surface area contributed by atoms with Crippen molar-refractivity contribution in [3.8, 4) is 17.7 Å². The highest BCUT2D eigenvalue weighted by Crippen LogP contribution is 2.29. The second kappa shape index (κ2) is 6.35. The summed E-state index contributed by atoms with van der Waals surface area (Å²) in [6.07, 6.45) is 6.16. The van der Waals surface area contributed by atoms with Crippen molar-refractivity contribution in [1.82, 2.24) is 20.1 Å². The van der Waals surface area contributed by atoms with Crippen LogP contribution in [0.5, 0.6) is 5.88 Å². The molecule has 0 radical (unpaired) electrons. The molecule has 0 N–H and O–H groups in total. The average molecular weight is 306 g/mol. The van der Waals surface area contributed by atoms with Crippen LogP contribution in [0, 0.1) is 17.8 Å². The third-order valence-corrected chi connectivity index (χ3v) is 4.52. The lowest BCUT2D eigenvalue weighted by molar-refractivity contribution is -0.0104. The summed E-state index contributed by atoms with van der Waals surface area (Å²) in [5.74, 6) is 7.30. The van der Waals surface area contributed by atoms with E-state index in [1.807, 2.05) is 24.3 Å². The Bertz CT molecular complexity index is 712. The second-order valence-corrected chi connectivity index (χ2v) is 6.04. The van der Waals surface area contributed by atoms with Gasteiger partial charge in [0.1, 0.15) is 11.8 Å². The zero-order chi connectivity index (χ0) is 15.5. The first-order valence-electron chi connectivity index (χ1n) is 8.01. The minimum absolute atomic E-state index is 0.251. The molecule has 3 saturated heterocycles. The van der Waals surface area contributed by atoms with Crippen LogP contribution in [0.1, 0.15) is 24.1 Å². The molecule has 3 aliphatic heterocycles. The Kier molecular flexibility index (Phi) is 3.91. The van der Waals surface area contributed by atoms with E-state index in [1.165, 1.54) is 25.9 Å². The third-order valence-electron chi connectivity index (χ3n) is 4.52. The highest BCUT2D eigenvalue weighted by Gasteiger charge is 2.35. The summed E-state index contributed by atoms with van der Waals surface area (Å²) in [7, 11) is 0. The highest BCUT2D eigenvalue weighted by molar-refractivity contribution is 5.38. The van der Waals surface area contributed by atoms with E-state index < -0.39 is 0 Å². The minimum atomic E-state index is 0.251. The van der Waals surface area contributed by atoms with Crippen molar-refractivity contribution in [2.45, 2.75) is 18.9 Å². The fourth-order valence-corrected chi connectivity index (χ4v) is 3.22. The molecule has 0 aliphatic carbocycles. The van der Waals surface area contributed by atoms with Crippen LogP contribution in [0.3, 0.4) is 0 Å². The summed E-state index contributed by atoms with van der Waals surface area (Å²) in [6, 6.07) is 7.45. The Morgan fingerprint density at radius 3 is 2.48 bits per heavy atom. The zero-order valence-corrected chi connectivity index (χ0v) is 12.9. The molecule has 5 heteroatoms. The maximum absolute atomic E-state index is 6.04. The maximum Gasteiger partial charge on any atom is 0.233 e. The number of rotatable bonds is 2. The number of ether oxygens (including phenoxy) is 1. The summed E-state index contributed by atoms with van der Waals surface area (Å²) in [4.78, 5) is 6.43. The molecule has 5 heterocycles. The lowest BCUT2D eigenvalue weighted by Crippen LogP contribution is -2.52. The molecule has 0 spiro atoms. The van der Waals surface area contributed by atoms with Crippen molar-refractivity contribution >= 4 is 0 Å². The molecular weight excluding hydrogens is 288 g/mol. The fraction of sp³-hybridized carbons (Fsp3) is 0.389. The minimum Gasteiger partial charge on any atom is -0.472 e. The Labute approximate surface area is 135 Å². The van der Waals surface area contributed by atoms with Gasteiger partial charge >= 0.3 is 0 Å². The van der Waals surface area contributed by atoms with E-state index in [9.17, 15) is 0 Å². The van der Waals surface area contributed by atoms with Crippen LogP contribution in [0.25, 0.3) is 0 Å². The monoisotopic (exact) mass is 306 g/mol. The Hall–Kier alpha value is -2.45. The fourth-order valence-electron chi connectivity index (χ4n) is 3.22. The first-order valence-corrected chi connectivity index (χ1v) is 8.01. The number of hydrogen-bond acceptors (Lipinski definition) is 5. The number of hydrogen-bond donors (Lipinski definition) is 0. The Morgan fingerprint density at radius 2 is 1.83 bits per heavy atom. The van der Waals surface area contributed by atoms with Crippen molar-refractivity contribution in [3.05, 3.63) is 47.9 Å². The van der Waals surface area contributed by atoms with Gasteiger partial charge in [0.05, 0.1) is 0 Å². The second-order valence-electron chi connectivity index (χ2n) is 6.04. The van der Waals surface area contributed by atoms with Gasteiger partial charge in [0, 0.05) is 30.6 Å². The van der Waals surface area contributed by atoms with Crippen molar-refractivity contribution in [3.63, 3.8) is 0 Å². The van der Waals surface area contributed by atoms with Gasteiger partial charge in [-0.3, -0.25) is 9.88 Å². The molecule has 116 valence electrons. The van der Waals surface area contributed by atoms with Crippen molar-refractivity contribution in [1.29, 1.82) is 0 Å². The van der Waals surface area contributed by atoms with Gasteiger partial charge in [-0.15, -0.1) is 10.2 Å². The van der Waals surface area contributed by atoms with Gasteiger partial charge in [-0.2, -0.15) is 0 Å². The first-order chi connectivity index (χ1) is 11.4. The predicted octanol–water partition coefficient (Wildman–Crippen LogP) is 1.74. The molecule has 2 aromatic heterocycles. The largest absolute Gasteiger partial charge is 0.472 e. The van der Waals surface area contributed by atoms with E-state index in [0.717, 1.165) is 12.1 Å². The zero-order valence-electron chi connectivity index (χ0n) is 12.9. The summed E-state index contributed by atoms with van der Waals surface area (Å²) in [5, 5.41) is 8.31. The van der Waals surface area contributed by atoms with Gasteiger partial charge in [0.25, 0.3) is 0 Å². The van der Waals surface area contributed by atoms with E-state index in [-0.39, 0.29) is 6.10 Å². The van der Waals surface area contributed by atoms with Gasteiger partial charge in [-0.25, -0.2) is 0 Å². The number of nitrogens with zero attached hydrogens (tertiary/aromatic N) is 4. The van der Waals surface area contributed by atoms with E-state index in [2.05, 4.69) is 31.9 Å². The van der Waals surface area contributed by atoms with Gasteiger partial charge in [0.15, 0.2) is 0 Å². The molecule has 2 bridgehead atoms. The molecule has 5 rings (SSSR count). The first kappa shape index (κ1) is 14.2. The molecule has 3 fully saturated rings. The number of pyridine rings is 1. The molecule has 3 aliphatic rings. The molecule has 0 amide bonds. The maximum atomic E-state index is 6.04. The van der Waals surface area contributed by atoms with Crippen LogP contribution in [-0.4, -0.2) is 45.8 Å². The van der Waals surface area contributed by atoms with Gasteiger partial charge < -0.3 is 4.74 Å². The standard InChI is InChI=1S/C18H18N4O/c1(14-5-9-19-10-6-14)2-16-3-4-18(21-20-16)23-17-13-22-11-7-15(17)8-12-22/h3-6,9-10,15,17H,7-8,11-13H2. The van der Waals surface area contributed by atoms with E-state index in [4.69, 9.17) is 4.74 Å². The topological polar surface area (TPSA) is 51.1 Å². The molecule has 23 heavy (non-hydrogen) atoms. The Balaban J connectivity index is 1.41. The van der Waals surface area contributed by atoms with Gasteiger partial charge in [0.2, 0.25) is 5.88 Å². The van der Waals surface area contributed by atoms with Gasteiger partial charge in [-0.1, -0.05) is 5.92 Å². The molecule has 2 aromatic rings. The lowest BCUT2D eigenvalue weighted by atomic mass is 9.86. The lowest BCUT2D eigenvalue weighted by Gasteiger charge is -2.44.